The number of hydrogen-bond donors (Lipinski definition) is 0. The Kier molecular flexibility index (Phi) is 53.8. The molecular weight excluding hydrogens is 789 g/mol. The number of ether oxygens (including phenoxy) is 3. The molecule has 1 unspecified atom stereocenters. The summed E-state index contributed by atoms with van der Waals surface area (Å²) in [6.07, 6.45) is 67.3. The van der Waals surface area contributed by atoms with Crippen molar-refractivity contribution in [2.24, 2.45) is 0 Å². The van der Waals surface area contributed by atoms with Crippen molar-refractivity contribution < 1.29 is 23.8 Å². The molecular formula is C59H110O5. The quantitative estimate of drug-likeness (QED) is 0.0346. The first-order valence-electron chi connectivity index (χ1n) is 28.5. The van der Waals surface area contributed by atoms with Crippen molar-refractivity contribution in [1.82, 2.24) is 0 Å². The highest BCUT2D eigenvalue weighted by molar-refractivity contribution is 5.70. The van der Waals surface area contributed by atoms with E-state index < -0.39 is 6.10 Å². The number of rotatable bonds is 53. The van der Waals surface area contributed by atoms with Crippen molar-refractivity contribution in [2.75, 3.05) is 19.8 Å². The summed E-state index contributed by atoms with van der Waals surface area (Å²) >= 11 is 0. The summed E-state index contributed by atoms with van der Waals surface area (Å²) < 4.78 is 17.5. The Labute approximate surface area is 400 Å². The fourth-order valence-electron chi connectivity index (χ4n) is 8.36. The summed E-state index contributed by atoms with van der Waals surface area (Å²) in [7, 11) is 0. The van der Waals surface area contributed by atoms with E-state index in [1.54, 1.807) is 0 Å². The zero-order chi connectivity index (χ0) is 46.3. The molecule has 0 fully saturated rings. The van der Waals surface area contributed by atoms with Gasteiger partial charge in [-0.3, -0.25) is 9.59 Å². The minimum absolute atomic E-state index is 0.0871. The molecule has 5 nitrogen and oxygen atoms in total. The summed E-state index contributed by atoms with van der Waals surface area (Å²) in [5, 5.41) is 0. The van der Waals surface area contributed by atoms with E-state index in [1.807, 2.05) is 0 Å². The number of esters is 2. The normalized spacial score (nSPS) is 12.4. The van der Waals surface area contributed by atoms with Gasteiger partial charge >= 0.3 is 11.9 Å². The summed E-state index contributed by atoms with van der Waals surface area (Å²) in [4.78, 5) is 25.4. The molecule has 0 bridgehead atoms. The lowest BCUT2D eigenvalue weighted by Crippen LogP contribution is -2.30. The first-order valence-corrected chi connectivity index (χ1v) is 28.5. The van der Waals surface area contributed by atoms with Crippen LogP contribution in [0.1, 0.15) is 303 Å². The lowest BCUT2D eigenvalue weighted by atomic mass is 10.1. The molecule has 0 aromatic heterocycles. The number of allylic oxidation sites excluding steroid dienone is 6. The van der Waals surface area contributed by atoms with Gasteiger partial charge in [0.05, 0.1) is 6.61 Å². The fraction of sp³-hybridized carbons (Fsp3) is 0.864. The topological polar surface area (TPSA) is 61.8 Å². The maximum Gasteiger partial charge on any atom is 0.306 e. The highest BCUT2D eigenvalue weighted by Crippen LogP contribution is 2.16. The summed E-state index contributed by atoms with van der Waals surface area (Å²) in [5.41, 5.74) is 0. The Balaban J connectivity index is 4.18. The van der Waals surface area contributed by atoms with Gasteiger partial charge < -0.3 is 14.2 Å². The van der Waals surface area contributed by atoms with E-state index in [9.17, 15) is 9.59 Å². The second-order valence-electron chi connectivity index (χ2n) is 19.2. The Bertz CT molecular complexity index is 1020. The van der Waals surface area contributed by atoms with E-state index in [1.165, 1.54) is 225 Å². The Morgan fingerprint density at radius 2 is 0.656 bits per heavy atom. The van der Waals surface area contributed by atoms with Crippen LogP contribution in [0.15, 0.2) is 36.5 Å². The molecule has 0 heterocycles. The van der Waals surface area contributed by atoms with E-state index in [-0.39, 0.29) is 25.2 Å². The van der Waals surface area contributed by atoms with Crippen LogP contribution in [0.25, 0.3) is 0 Å². The van der Waals surface area contributed by atoms with Crippen molar-refractivity contribution >= 4 is 11.9 Å². The molecule has 0 spiro atoms. The zero-order valence-electron chi connectivity index (χ0n) is 43.3. The molecule has 0 aliphatic carbocycles. The molecule has 0 aromatic carbocycles. The molecule has 0 amide bonds. The molecule has 0 rings (SSSR count). The molecule has 0 saturated carbocycles. The molecule has 0 aliphatic heterocycles. The predicted molar refractivity (Wildman–Crippen MR) is 279 cm³/mol. The van der Waals surface area contributed by atoms with Gasteiger partial charge in [0.1, 0.15) is 6.61 Å². The van der Waals surface area contributed by atoms with Crippen LogP contribution in [0.4, 0.5) is 0 Å². The SMILES string of the molecule is CCCCC/C=C\C/C=C\CCCCCCCCCCCCOCC(COC(=O)CCCCCCCCC/C=C\CCCCCCCC)OC(=O)CCCCCCCCCCCCC. The molecule has 0 radical (unpaired) electrons. The summed E-state index contributed by atoms with van der Waals surface area (Å²) in [6.45, 7) is 7.83. The number of hydrogen-bond acceptors (Lipinski definition) is 5. The van der Waals surface area contributed by atoms with Gasteiger partial charge in [-0.15, -0.1) is 0 Å². The average molecular weight is 900 g/mol. The van der Waals surface area contributed by atoms with Gasteiger partial charge in [-0.2, -0.15) is 0 Å². The first-order chi connectivity index (χ1) is 31.6. The summed E-state index contributed by atoms with van der Waals surface area (Å²) in [5.74, 6) is -0.388. The molecule has 5 heteroatoms. The Morgan fingerprint density at radius 3 is 1.08 bits per heavy atom. The zero-order valence-corrected chi connectivity index (χ0v) is 43.3. The molecule has 1 atom stereocenters. The number of unbranched alkanes of at least 4 members (excludes halogenated alkanes) is 36. The molecule has 64 heavy (non-hydrogen) atoms. The van der Waals surface area contributed by atoms with Crippen LogP contribution in [0.3, 0.4) is 0 Å². The third-order valence-corrected chi connectivity index (χ3v) is 12.6. The first kappa shape index (κ1) is 62.1. The van der Waals surface area contributed by atoms with Crippen LogP contribution >= 0.6 is 0 Å². The van der Waals surface area contributed by atoms with Gasteiger partial charge in [-0.05, 0) is 77.0 Å². The van der Waals surface area contributed by atoms with Gasteiger partial charge in [0.2, 0.25) is 0 Å². The van der Waals surface area contributed by atoms with Gasteiger partial charge in [-0.25, -0.2) is 0 Å². The fourth-order valence-corrected chi connectivity index (χ4v) is 8.36. The van der Waals surface area contributed by atoms with E-state index in [0.29, 0.717) is 19.4 Å². The van der Waals surface area contributed by atoms with Crippen molar-refractivity contribution in [3.8, 4) is 0 Å². The number of carbonyl (C=O) groups excluding carboxylic acids is 2. The smallest absolute Gasteiger partial charge is 0.306 e. The van der Waals surface area contributed by atoms with Crippen LogP contribution in [0.5, 0.6) is 0 Å². The highest BCUT2D eigenvalue weighted by atomic mass is 16.6. The van der Waals surface area contributed by atoms with Gasteiger partial charge in [0, 0.05) is 19.4 Å². The summed E-state index contributed by atoms with van der Waals surface area (Å²) in [6, 6.07) is 0. The van der Waals surface area contributed by atoms with Crippen LogP contribution in [-0.2, 0) is 23.8 Å². The van der Waals surface area contributed by atoms with E-state index in [0.717, 1.165) is 44.9 Å². The van der Waals surface area contributed by atoms with Crippen molar-refractivity contribution in [3.05, 3.63) is 36.5 Å². The van der Waals surface area contributed by atoms with Crippen molar-refractivity contribution in [2.45, 2.75) is 309 Å². The minimum Gasteiger partial charge on any atom is -0.462 e. The Morgan fingerprint density at radius 1 is 0.344 bits per heavy atom. The molecule has 0 aliphatic rings. The Hall–Kier alpha value is -1.88. The molecule has 0 saturated heterocycles. The number of carbonyl (C=O) groups is 2. The van der Waals surface area contributed by atoms with E-state index >= 15 is 0 Å². The second-order valence-corrected chi connectivity index (χ2v) is 19.2. The largest absolute Gasteiger partial charge is 0.462 e. The third kappa shape index (κ3) is 52.7. The monoisotopic (exact) mass is 899 g/mol. The minimum atomic E-state index is -0.534. The maximum atomic E-state index is 12.8. The van der Waals surface area contributed by atoms with E-state index in [2.05, 4.69) is 57.2 Å². The van der Waals surface area contributed by atoms with Gasteiger partial charge in [0.15, 0.2) is 6.10 Å². The van der Waals surface area contributed by atoms with Crippen LogP contribution in [0.2, 0.25) is 0 Å². The highest BCUT2D eigenvalue weighted by Gasteiger charge is 2.17. The lowest BCUT2D eigenvalue weighted by Gasteiger charge is -2.18. The van der Waals surface area contributed by atoms with Crippen LogP contribution in [0, 0.1) is 0 Å². The third-order valence-electron chi connectivity index (χ3n) is 12.6. The van der Waals surface area contributed by atoms with Crippen LogP contribution < -0.4 is 0 Å². The molecule has 376 valence electrons. The maximum absolute atomic E-state index is 12.8. The second kappa shape index (κ2) is 55.4. The molecule has 0 aromatic rings. The van der Waals surface area contributed by atoms with Crippen molar-refractivity contribution in [1.29, 1.82) is 0 Å². The average Bonchev–Trinajstić information content (AvgIpc) is 3.30. The van der Waals surface area contributed by atoms with E-state index in [4.69, 9.17) is 14.2 Å². The predicted octanol–water partition coefficient (Wildman–Crippen LogP) is 19.4. The standard InChI is InChI=1S/C59H110O5/c1-4-7-10-13-16-19-22-24-26-28-29-30-32-34-36-39-42-45-48-51-54-62-55-57(64-59(61)53-50-47-44-41-37-21-18-15-12-9-6-3)56-63-58(60)52-49-46-43-40-38-35-33-31-27-25-23-20-17-14-11-8-5-2/h16,19,24-27,57H,4-15,17-18,20-23,28-56H2,1-3H3/b19-16-,26-24-,27-25-. The van der Waals surface area contributed by atoms with Crippen LogP contribution in [-0.4, -0.2) is 37.9 Å². The lowest BCUT2D eigenvalue weighted by molar-refractivity contribution is -0.163. The van der Waals surface area contributed by atoms with Gasteiger partial charge in [0.25, 0.3) is 0 Å². The molecule has 0 N–H and O–H groups in total. The van der Waals surface area contributed by atoms with Gasteiger partial charge in [-0.1, -0.05) is 250 Å². The van der Waals surface area contributed by atoms with Crippen molar-refractivity contribution in [3.63, 3.8) is 0 Å².